The number of rotatable bonds is 3. The molecule has 3 rings (SSSR count). The molecule has 1 aromatic rings. The molecule has 2 aliphatic rings. The first kappa shape index (κ1) is 12.0. The van der Waals surface area contributed by atoms with Gasteiger partial charge >= 0.3 is 0 Å². The van der Waals surface area contributed by atoms with Crippen molar-refractivity contribution >= 4 is 22.9 Å². The normalized spacial score (nSPS) is 26.3. The van der Waals surface area contributed by atoms with Gasteiger partial charge in [-0.2, -0.15) is 0 Å². The zero-order chi connectivity index (χ0) is 11.7. The minimum Gasteiger partial charge on any atom is -0.343 e. The summed E-state index contributed by atoms with van der Waals surface area (Å²) in [5, 5.41) is 2.15. The van der Waals surface area contributed by atoms with Gasteiger partial charge in [0.25, 0.3) is 0 Å². The minimum absolute atomic E-state index is 0.426. The van der Waals surface area contributed by atoms with Crippen molar-refractivity contribution in [1.82, 2.24) is 0 Å². The van der Waals surface area contributed by atoms with Crippen LogP contribution >= 0.6 is 22.9 Å². The maximum absolute atomic E-state index is 5.93. The van der Waals surface area contributed by atoms with Crippen LogP contribution in [0.4, 0.5) is 0 Å². The highest BCUT2D eigenvalue weighted by atomic mass is 35.5. The van der Waals surface area contributed by atoms with E-state index in [1.165, 1.54) is 23.3 Å². The second-order valence-corrected chi connectivity index (χ2v) is 6.19. The smallest absolute Gasteiger partial charge is 0.196 e. The highest BCUT2D eigenvalue weighted by Gasteiger charge is 2.45. The summed E-state index contributed by atoms with van der Waals surface area (Å²) in [4.78, 5) is 1.44. The molecule has 0 aromatic carbocycles. The summed E-state index contributed by atoms with van der Waals surface area (Å²) in [7, 11) is 0. The standard InChI is InChI=1S/C13H17ClO2S/c14-4-1-2-10-8-12-11(3-7-17-12)13(9-10)15-5-6-16-13/h3,7,10H,1-2,4-6,8-9H2. The van der Waals surface area contributed by atoms with Crippen LogP contribution in [0.3, 0.4) is 0 Å². The molecular weight excluding hydrogens is 256 g/mol. The summed E-state index contributed by atoms with van der Waals surface area (Å²) in [6.07, 6.45) is 4.42. The highest BCUT2D eigenvalue weighted by molar-refractivity contribution is 7.10. The lowest BCUT2D eigenvalue weighted by Gasteiger charge is -2.36. The van der Waals surface area contributed by atoms with E-state index in [-0.39, 0.29) is 0 Å². The average molecular weight is 273 g/mol. The lowest BCUT2D eigenvalue weighted by Crippen LogP contribution is -2.35. The largest absolute Gasteiger partial charge is 0.343 e. The molecule has 1 aliphatic heterocycles. The molecule has 1 atom stereocenters. The fourth-order valence-electron chi connectivity index (χ4n) is 2.96. The average Bonchev–Trinajstić information content (AvgIpc) is 2.96. The van der Waals surface area contributed by atoms with Gasteiger partial charge in [-0.05, 0) is 36.6 Å². The van der Waals surface area contributed by atoms with E-state index >= 15 is 0 Å². The predicted octanol–water partition coefficient (Wildman–Crippen LogP) is 3.53. The Morgan fingerprint density at radius 2 is 2.24 bits per heavy atom. The zero-order valence-corrected chi connectivity index (χ0v) is 11.4. The SMILES string of the molecule is ClCCCC1Cc2sccc2C2(C1)OCCO2. The molecule has 2 heterocycles. The molecule has 4 heteroatoms. The Hall–Kier alpha value is -0.0900. The Bertz CT molecular complexity index is 385. The highest BCUT2D eigenvalue weighted by Crippen LogP contribution is 2.47. The number of hydrogen-bond donors (Lipinski definition) is 0. The molecular formula is C13H17ClO2S. The van der Waals surface area contributed by atoms with Gasteiger partial charge < -0.3 is 9.47 Å². The number of halogens is 1. The van der Waals surface area contributed by atoms with Crippen LogP contribution in [-0.4, -0.2) is 19.1 Å². The molecule has 2 nitrogen and oxygen atoms in total. The summed E-state index contributed by atoms with van der Waals surface area (Å²) in [6.45, 7) is 1.44. The van der Waals surface area contributed by atoms with Gasteiger partial charge in [-0.3, -0.25) is 0 Å². The van der Waals surface area contributed by atoms with E-state index < -0.39 is 5.79 Å². The van der Waals surface area contributed by atoms with E-state index in [1.807, 2.05) is 11.3 Å². The maximum atomic E-state index is 5.93. The van der Waals surface area contributed by atoms with Crippen LogP contribution in [0.25, 0.3) is 0 Å². The molecule has 17 heavy (non-hydrogen) atoms. The molecule has 0 saturated carbocycles. The van der Waals surface area contributed by atoms with Crippen molar-refractivity contribution < 1.29 is 9.47 Å². The zero-order valence-electron chi connectivity index (χ0n) is 9.78. The molecule has 0 bridgehead atoms. The maximum Gasteiger partial charge on any atom is 0.196 e. The first-order valence-electron chi connectivity index (χ1n) is 6.25. The third kappa shape index (κ3) is 2.14. The predicted molar refractivity (Wildman–Crippen MR) is 69.7 cm³/mol. The number of alkyl halides is 1. The van der Waals surface area contributed by atoms with E-state index in [0.29, 0.717) is 5.92 Å². The molecule has 1 fully saturated rings. The van der Waals surface area contributed by atoms with Crippen molar-refractivity contribution in [3.8, 4) is 0 Å². The van der Waals surface area contributed by atoms with Crippen LogP contribution in [0.2, 0.25) is 0 Å². The van der Waals surface area contributed by atoms with Crippen molar-refractivity contribution in [3.05, 3.63) is 21.9 Å². The van der Waals surface area contributed by atoms with Crippen LogP contribution in [0.1, 0.15) is 29.7 Å². The Balaban J connectivity index is 1.84. The Labute approximate surface area is 111 Å². The monoisotopic (exact) mass is 272 g/mol. The fraction of sp³-hybridized carbons (Fsp3) is 0.692. The fourth-order valence-corrected chi connectivity index (χ4v) is 4.17. The van der Waals surface area contributed by atoms with Crippen molar-refractivity contribution in [2.24, 2.45) is 5.92 Å². The molecule has 1 aromatic heterocycles. The molecule has 0 amide bonds. The minimum atomic E-state index is -0.426. The Kier molecular flexibility index (Phi) is 3.44. The second-order valence-electron chi connectivity index (χ2n) is 4.81. The third-order valence-corrected chi connectivity index (χ3v) is 4.90. The van der Waals surface area contributed by atoms with Crippen LogP contribution in [0.15, 0.2) is 11.4 Å². The quantitative estimate of drug-likeness (QED) is 0.784. The van der Waals surface area contributed by atoms with Gasteiger partial charge in [0.2, 0.25) is 0 Å². The lowest BCUT2D eigenvalue weighted by molar-refractivity contribution is -0.184. The van der Waals surface area contributed by atoms with Gasteiger partial charge in [-0.1, -0.05) is 0 Å². The molecule has 0 N–H and O–H groups in total. The van der Waals surface area contributed by atoms with Gasteiger partial charge in [0, 0.05) is 22.7 Å². The van der Waals surface area contributed by atoms with Gasteiger partial charge in [0.05, 0.1) is 13.2 Å². The van der Waals surface area contributed by atoms with E-state index in [4.69, 9.17) is 21.1 Å². The number of fused-ring (bicyclic) bond motifs is 2. The summed E-state index contributed by atoms with van der Waals surface area (Å²) in [5.74, 6) is 0.977. The molecule has 1 unspecified atom stereocenters. The second kappa shape index (κ2) is 4.88. The van der Waals surface area contributed by atoms with E-state index in [2.05, 4.69) is 11.4 Å². The number of thiophene rings is 1. The van der Waals surface area contributed by atoms with Crippen molar-refractivity contribution in [2.45, 2.75) is 31.5 Å². The van der Waals surface area contributed by atoms with E-state index in [0.717, 1.165) is 31.9 Å². The van der Waals surface area contributed by atoms with Crippen LogP contribution in [-0.2, 0) is 21.7 Å². The molecule has 1 spiro atoms. The molecule has 1 aliphatic carbocycles. The van der Waals surface area contributed by atoms with Gasteiger partial charge in [0.15, 0.2) is 5.79 Å². The summed E-state index contributed by atoms with van der Waals surface area (Å²) >= 11 is 7.62. The third-order valence-electron chi connectivity index (χ3n) is 3.69. The Morgan fingerprint density at radius 3 is 3.00 bits per heavy atom. The number of hydrogen-bond acceptors (Lipinski definition) is 3. The Morgan fingerprint density at radius 1 is 1.41 bits per heavy atom. The summed E-state index contributed by atoms with van der Waals surface area (Å²) < 4.78 is 11.9. The summed E-state index contributed by atoms with van der Waals surface area (Å²) in [6, 6.07) is 2.17. The molecule has 1 saturated heterocycles. The van der Waals surface area contributed by atoms with Crippen molar-refractivity contribution in [2.75, 3.05) is 19.1 Å². The first-order chi connectivity index (χ1) is 8.34. The van der Waals surface area contributed by atoms with Crippen LogP contribution < -0.4 is 0 Å². The van der Waals surface area contributed by atoms with E-state index in [1.54, 1.807) is 0 Å². The van der Waals surface area contributed by atoms with Gasteiger partial charge in [0.1, 0.15) is 0 Å². The first-order valence-corrected chi connectivity index (χ1v) is 7.66. The lowest BCUT2D eigenvalue weighted by atomic mass is 9.82. The van der Waals surface area contributed by atoms with Gasteiger partial charge in [-0.15, -0.1) is 22.9 Å². The van der Waals surface area contributed by atoms with Crippen LogP contribution in [0, 0.1) is 5.92 Å². The number of ether oxygens (including phenoxy) is 2. The molecule has 94 valence electrons. The van der Waals surface area contributed by atoms with Crippen molar-refractivity contribution in [1.29, 1.82) is 0 Å². The van der Waals surface area contributed by atoms with Crippen LogP contribution in [0.5, 0.6) is 0 Å². The van der Waals surface area contributed by atoms with Crippen molar-refractivity contribution in [3.63, 3.8) is 0 Å². The van der Waals surface area contributed by atoms with Gasteiger partial charge in [-0.25, -0.2) is 0 Å². The van der Waals surface area contributed by atoms with E-state index in [9.17, 15) is 0 Å². The molecule has 0 radical (unpaired) electrons. The topological polar surface area (TPSA) is 18.5 Å². The summed E-state index contributed by atoms with van der Waals surface area (Å²) in [5.41, 5.74) is 1.28.